The summed E-state index contributed by atoms with van der Waals surface area (Å²) < 4.78 is 7.37. The summed E-state index contributed by atoms with van der Waals surface area (Å²) in [5.41, 5.74) is 4.22. The van der Waals surface area contributed by atoms with Crippen LogP contribution in [0, 0.1) is 13.8 Å². The number of nitrogens with one attached hydrogen (secondary N) is 1. The van der Waals surface area contributed by atoms with E-state index in [-0.39, 0.29) is 12.4 Å². The molecular formula is C21H21Cl2N3O2. The van der Waals surface area contributed by atoms with E-state index in [1.165, 1.54) is 0 Å². The largest absolute Gasteiger partial charge is 0.464 e. The predicted octanol–water partition coefficient (Wildman–Crippen LogP) is 5.34. The fraction of sp³-hybridized carbons (Fsp3) is 0.238. The summed E-state index contributed by atoms with van der Waals surface area (Å²) in [4.78, 5) is 16.5. The van der Waals surface area contributed by atoms with Crippen LogP contribution in [0.2, 0.25) is 10.0 Å². The first-order chi connectivity index (χ1) is 13.5. The SMILES string of the molecule is Cc1ncn(CCOC(=O)Cc2ccccc2Nc2c(Cl)cccc2Cl)c1C. The smallest absolute Gasteiger partial charge is 0.310 e. The Morgan fingerprint density at radius 3 is 2.50 bits per heavy atom. The van der Waals surface area contributed by atoms with Gasteiger partial charge in [-0.2, -0.15) is 0 Å². The average Bonchev–Trinajstić information content (AvgIpc) is 2.98. The predicted molar refractivity (Wildman–Crippen MR) is 113 cm³/mol. The molecule has 0 aliphatic carbocycles. The van der Waals surface area contributed by atoms with E-state index in [0.29, 0.717) is 28.9 Å². The van der Waals surface area contributed by atoms with Crippen LogP contribution in [0.3, 0.4) is 0 Å². The molecule has 0 spiro atoms. The lowest BCUT2D eigenvalue weighted by Gasteiger charge is -2.14. The molecule has 1 heterocycles. The van der Waals surface area contributed by atoms with Gasteiger partial charge in [-0.05, 0) is 37.6 Å². The quantitative estimate of drug-likeness (QED) is 0.527. The molecular weight excluding hydrogens is 397 g/mol. The lowest BCUT2D eigenvalue weighted by atomic mass is 10.1. The Balaban J connectivity index is 1.63. The second-order valence-corrected chi connectivity index (χ2v) is 7.20. The molecule has 0 aliphatic rings. The zero-order valence-electron chi connectivity index (χ0n) is 15.7. The highest BCUT2D eigenvalue weighted by atomic mass is 35.5. The second kappa shape index (κ2) is 9.13. The second-order valence-electron chi connectivity index (χ2n) is 6.38. The van der Waals surface area contributed by atoms with Gasteiger partial charge >= 0.3 is 5.97 Å². The Morgan fingerprint density at radius 1 is 1.11 bits per heavy atom. The number of ether oxygens (including phenoxy) is 1. The van der Waals surface area contributed by atoms with E-state index >= 15 is 0 Å². The first-order valence-corrected chi connectivity index (χ1v) is 9.64. The van der Waals surface area contributed by atoms with E-state index in [1.807, 2.05) is 42.7 Å². The summed E-state index contributed by atoms with van der Waals surface area (Å²) in [5, 5.41) is 4.24. The first kappa shape index (κ1) is 20.2. The van der Waals surface area contributed by atoms with Crippen LogP contribution in [0.1, 0.15) is 17.0 Å². The third kappa shape index (κ3) is 4.86. The highest BCUT2D eigenvalue weighted by Gasteiger charge is 2.12. The van der Waals surface area contributed by atoms with Crippen molar-refractivity contribution in [2.24, 2.45) is 0 Å². The number of hydrogen-bond donors (Lipinski definition) is 1. The van der Waals surface area contributed by atoms with Crippen LogP contribution in [-0.2, 0) is 22.5 Å². The number of halogens is 2. The van der Waals surface area contributed by atoms with Crippen LogP contribution in [0.5, 0.6) is 0 Å². The number of benzene rings is 2. The molecule has 28 heavy (non-hydrogen) atoms. The molecule has 5 nitrogen and oxygen atoms in total. The van der Waals surface area contributed by atoms with Crippen molar-refractivity contribution in [3.05, 3.63) is 75.8 Å². The van der Waals surface area contributed by atoms with E-state index in [0.717, 1.165) is 22.6 Å². The molecule has 0 saturated carbocycles. The summed E-state index contributed by atoms with van der Waals surface area (Å²) in [6, 6.07) is 12.8. The maximum atomic E-state index is 12.3. The number of imidazole rings is 1. The van der Waals surface area contributed by atoms with Crippen LogP contribution >= 0.6 is 23.2 Å². The molecule has 0 fully saturated rings. The molecule has 7 heteroatoms. The van der Waals surface area contributed by atoms with Crippen molar-refractivity contribution >= 4 is 40.5 Å². The van der Waals surface area contributed by atoms with Crippen LogP contribution in [0.25, 0.3) is 0 Å². The minimum absolute atomic E-state index is 0.146. The summed E-state index contributed by atoms with van der Waals surface area (Å²) in [6.45, 7) is 4.81. The molecule has 146 valence electrons. The van der Waals surface area contributed by atoms with Crippen molar-refractivity contribution in [2.75, 3.05) is 11.9 Å². The van der Waals surface area contributed by atoms with Gasteiger partial charge in [0.25, 0.3) is 0 Å². The number of carbonyl (C=O) groups is 1. The lowest BCUT2D eigenvalue weighted by Crippen LogP contribution is -2.14. The van der Waals surface area contributed by atoms with Crippen molar-refractivity contribution in [2.45, 2.75) is 26.8 Å². The van der Waals surface area contributed by atoms with Gasteiger partial charge in [-0.3, -0.25) is 4.79 Å². The van der Waals surface area contributed by atoms with Crippen LogP contribution in [0.4, 0.5) is 11.4 Å². The molecule has 0 amide bonds. The van der Waals surface area contributed by atoms with Gasteiger partial charge in [0.15, 0.2) is 0 Å². The number of hydrogen-bond acceptors (Lipinski definition) is 4. The van der Waals surface area contributed by atoms with Crippen molar-refractivity contribution in [1.82, 2.24) is 9.55 Å². The molecule has 3 aromatic rings. The van der Waals surface area contributed by atoms with Gasteiger partial charge < -0.3 is 14.6 Å². The van der Waals surface area contributed by atoms with Gasteiger partial charge in [0.2, 0.25) is 0 Å². The van der Waals surface area contributed by atoms with Crippen molar-refractivity contribution in [3.8, 4) is 0 Å². The maximum Gasteiger partial charge on any atom is 0.310 e. The fourth-order valence-corrected chi connectivity index (χ4v) is 3.27. The van der Waals surface area contributed by atoms with Gasteiger partial charge in [0, 0.05) is 11.4 Å². The fourth-order valence-electron chi connectivity index (χ4n) is 2.78. The summed E-state index contributed by atoms with van der Waals surface area (Å²) in [7, 11) is 0. The van der Waals surface area contributed by atoms with Crippen LogP contribution in [-0.4, -0.2) is 22.1 Å². The maximum absolute atomic E-state index is 12.3. The molecule has 0 atom stereocenters. The Morgan fingerprint density at radius 2 is 1.82 bits per heavy atom. The van der Waals surface area contributed by atoms with Crippen LogP contribution in [0.15, 0.2) is 48.8 Å². The highest BCUT2D eigenvalue weighted by Crippen LogP contribution is 2.33. The van der Waals surface area contributed by atoms with Gasteiger partial charge in [-0.25, -0.2) is 4.98 Å². The van der Waals surface area contributed by atoms with Crippen LogP contribution < -0.4 is 5.32 Å². The minimum atomic E-state index is -0.297. The molecule has 1 N–H and O–H groups in total. The van der Waals surface area contributed by atoms with Gasteiger partial charge in [-0.1, -0.05) is 47.5 Å². The Kier molecular flexibility index (Phi) is 6.60. The molecule has 2 aromatic carbocycles. The number of para-hydroxylation sites is 2. The van der Waals surface area contributed by atoms with Gasteiger partial charge in [0.1, 0.15) is 6.61 Å². The number of carbonyl (C=O) groups excluding carboxylic acids is 1. The first-order valence-electron chi connectivity index (χ1n) is 8.88. The Bertz CT molecular complexity index is 965. The monoisotopic (exact) mass is 417 g/mol. The van der Waals surface area contributed by atoms with Gasteiger partial charge in [0.05, 0.1) is 40.7 Å². The molecule has 0 aliphatic heterocycles. The standard InChI is InChI=1S/C21H21Cl2N3O2/c1-14-15(2)26(13-24-14)10-11-28-20(27)12-16-6-3-4-9-19(16)25-21-17(22)7-5-8-18(21)23/h3-9,13,25H,10-12H2,1-2H3. The summed E-state index contributed by atoms with van der Waals surface area (Å²) >= 11 is 12.5. The number of nitrogens with zero attached hydrogens (tertiary/aromatic N) is 2. The number of anilines is 2. The summed E-state index contributed by atoms with van der Waals surface area (Å²) in [6.07, 6.45) is 1.90. The van der Waals surface area contributed by atoms with E-state index in [4.69, 9.17) is 27.9 Å². The Labute approximate surface area is 174 Å². The van der Waals surface area contributed by atoms with E-state index < -0.39 is 0 Å². The highest BCUT2D eigenvalue weighted by molar-refractivity contribution is 6.39. The zero-order chi connectivity index (χ0) is 20.1. The molecule has 0 radical (unpaired) electrons. The molecule has 3 rings (SSSR count). The number of esters is 1. The van der Waals surface area contributed by atoms with E-state index in [2.05, 4.69) is 10.3 Å². The Hall–Kier alpha value is -2.50. The van der Waals surface area contributed by atoms with Crippen molar-refractivity contribution in [1.29, 1.82) is 0 Å². The summed E-state index contributed by atoms with van der Waals surface area (Å²) in [5.74, 6) is -0.297. The van der Waals surface area contributed by atoms with E-state index in [1.54, 1.807) is 24.5 Å². The average molecular weight is 418 g/mol. The third-order valence-corrected chi connectivity index (χ3v) is 5.14. The number of aryl methyl sites for hydroxylation is 1. The molecule has 0 unspecified atom stereocenters. The topological polar surface area (TPSA) is 56.2 Å². The molecule has 0 saturated heterocycles. The minimum Gasteiger partial charge on any atom is -0.464 e. The third-order valence-electron chi connectivity index (χ3n) is 4.52. The number of rotatable bonds is 7. The number of aromatic nitrogens is 2. The molecule has 1 aromatic heterocycles. The molecule has 0 bridgehead atoms. The van der Waals surface area contributed by atoms with Gasteiger partial charge in [-0.15, -0.1) is 0 Å². The zero-order valence-corrected chi connectivity index (χ0v) is 17.2. The van der Waals surface area contributed by atoms with Crippen molar-refractivity contribution < 1.29 is 9.53 Å². The van der Waals surface area contributed by atoms with E-state index in [9.17, 15) is 4.79 Å². The lowest BCUT2D eigenvalue weighted by molar-refractivity contribution is -0.143. The van der Waals surface area contributed by atoms with Crippen molar-refractivity contribution in [3.63, 3.8) is 0 Å². The normalized spacial score (nSPS) is 10.7.